The number of carbonyl (C=O) groups excluding carboxylic acids is 1. The van der Waals surface area contributed by atoms with E-state index in [1.54, 1.807) is 0 Å². The Balaban J connectivity index is 1.83. The van der Waals surface area contributed by atoms with Crippen molar-refractivity contribution in [3.8, 4) is 11.5 Å². The van der Waals surface area contributed by atoms with Crippen LogP contribution < -0.4 is 14.8 Å². The number of carbonyl (C=O) groups is 1. The standard InChI is InChI=1S/C17H23N3O4S2/c1-10(2)18-15(21)20(22)14-17(3,4)26-16(25)19(14)8-11-5-6-12-13(7-11)24-9-23-12/h5-7,10,14,22H,8-9H2,1-4H3,(H,18,21)/t14-/m0/s1. The lowest BCUT2D eigenvalue weighted by Gasteiger charge is -2.37. The summed E-state index contributed by atoms with van der Waals surface area (Å²) >= 11 is 6.99. The van der Waals surface area contributed by atoms with Gasteiger partial charge in [0.25, 0.3) is 0 Å². The minimum absolute atomic E-state index is 0.0800. The number of hydroxylamine groups is 2. The molecule has 0 unspecified atom stereocenters. The second kappa shape index (κ2) is 7.13. The Hall–Kier alpha value is -1.71. The molecule has 9 heteroatoms. The van der Waals surface area contributed by atoms with Crippen LogP contribution in [-0.2, 0) is 6.54 Å². The summed E-state index contributed by atoms with van der Waals surface area (Å²) in [5, 5.41) is 14.0. The molecule has 2 amide bonds. The van der Waals surface area contributed by atoms with Crippen LogP contribution in [0.2, 0.25) is 0 Å². The number of nitrogens with zero attached hydrogens (tertiary/aromatic N) is 2. The van der Waals surface area contributed by atoms with Crippen molar-refractivity contribution in [2.24, 2.45) is 0 Å². The molecule has 26 heavy (non-hydrogen) atoms. The zero-order valence-corrected chi connectivity index (χ0v) is 16.8. The first-order valence-corrected chi connectivity index (χ1v) is 9.58. The zero-order valence-electron chi connectivity index (χ0n) is 15.2. The molecule has 142 valence electrons. The first-order valence-electron chi connectivity index (χ1n) is 8.36. The highest BCUT2D eigenvalue weighted by Crippen LogP contribution is 2.43. The van der Waals surface area contributed by atoms with E-state index in [-0.39, 0.29) is 12.8 Å². The van der Waals surface area contributed by atoms with Crippen molar-refractivity contribution in [2.45, 2.75) is 51.2 Å². The van der Waals surface area contributed by atoms with Crippen molar-refractivity contribution >= 4 is 34.3 Å². The molecule has 0 aromatic heterocycles. The fourth-order valence-electron chi connectivity index (χ4n) is 3.05. The number of fused-ring (bicyclic) bond motifs is 1. The molecular weight excluding hydrogens is 374 g/mol. The van der Waals surface area contributed by atoms with E-state index in [0.29, 0.717) is 22.4 Å². The minimum Gasteiger partial charge on any atom is -0.454 e. The number of thioether (sulfide) groups is 1. The topological polar surface area (TPSA) is 74.3 Å². The molecule has 1 atom stereocenters. The first-order chi connectivity index (χ1) is 12.2. The summed E-state index contributed by atoms with van der Waals surface area (Å²) in [5.74, 6) is 1.40. The largest absolute Gasteiger partial charge is 0.454 e. The van der Waals surface area contributed by atoms with Gasteiger partial charge < -0.3 is 19.7 Å². The van der Waals surface area contributed by atoms with E-state index in [1.807, 2.05) is 50.8 Å². The van der Waals surface area contributed by atoms with Gasteiger partial charge in [0.15, 0.2) is 11.5 Å². The van der Waals surface area contributed by atoms with Crippen LogP contribution in [0.15, 0.2) is 18.2 Å². The summed E-state index contributed by atoms with van der Waals surface area (Å²) in [7, 11) is 0. The molecule has 2 aliphatic heterocycles. The van der Waals surface area contributed by atoms with Crippen LogP contribution in [0.1, 0.15) is 33.3 Å². The lowest BCUT2D eigenvalue weighted by Crippen LogP contribution is -2.57. The number of benzene rings is 1. The van der Waals surface area contributed by atoms with Crippen LogP contribution in [0.5, 0.6) is 11.5 Å². The average Bonchev–Trinajstić information content (AvgIpc) is 3.08. The number of urea groups is 1. The second-order valence-corrected chi connectivity index (χ2v) is 9.40. The van der Waals surface area contributed by atoms with E-state index in [4.69, 9.17) is 21.7 Å². The van der Waals surface area contributed by atoms with Gasteiger partial charge in [0.2, 0.25) is 6.79 Å². The zero-order chi connectivity index (χ0) is 19.1. The highest BCUT2D eigenvalue weighted by Gasteiger charge is 2.49. The molecule has 0 saturated carbocycles. The fraction of sp³-hybridized carbons (Fsp3) is 0.529. The van der Waals surface area contributed by atoms with E-state index in [0.717, 1.165) is 10.6 Å². The van der Waals surface area contributed by atoms with Crippen LogP contribution in [0.25, 0.3) is 0 Å². The highest BCUT2D eigenvalue weighted by molar-refractivity contribution is 8.24. The maximum atomic E-state index is 12.3. The van der Waals surface area contributed by atoms with Crippen LogP contribution in [0.4, 0.5) is 4.79 Å². The molecule has 1 fully saturated rings. The quantitative estimate of drug-likeness (QED) is 0.459. The molecule has 7 nitrogen and oxygen atoms in total. The van der Waals surface area contributed by atoms with Gasteiger partial charge in [-0.2, -0.15) is 5.06 Å². The number of rotatable bonds is 4. The predicted molar refractivity (Wildman–Crippen MR) is 103 cm³/mol. The fourth-order valence-corrected chi connectivity index (χ4v) is 4.92. The Morgan fingerprint density at radius 1 is 1.46 bits per heavy atom. The SMILES string of the molecule is CC(C)NC(=O)N(O)[C@@H]1N(Cc2ccc3c(c2)OCO3)C(=S)SC1(C)C. The third-order valence-corrected chi connectivity index (χ3v) is 5.77. The smallest absolute Gasteiger partial charge is 0.343 e. The number of hydrogen-bond donors (Lipinski definition) is 2. The lowest BCUT2D eigenvalue weighted by atomic mass is 10.1. The van der Waals surface area contributed by atoms with Gasteiger partial charge in [-0.1, -0.05) is 30.0 Å². The maximum Gasteiger partial charge on any atom is 0.343 e. The van der Waals surface area contributed by atoms with Gasteiger partial charge in [-0.15, -0.1) is 0 Å². The number of ether oxygens (including phenoxy) is 2. The van der Waals surface area contributed by atoms with Gasteiger partial charge >= 0.3 is 6.03 Å². The molecule has 1 saturated heterocycles. The Bertz CT molecular complexity index is 726. The summed E-state index contributed by atoms with van der Waals surface area (Å²) in [5.41, 5.74) is 0.956. The van der Waals surface area contributed by atoms with Gasteiger partial charge in [-0.25, -0.2) is 4.79 Å². The Kier molecular flexibility index (Phi) is 5.23. The summed E-state index contributed by atoms with van der Waals surface area (Å²) in [6, 6.07) is 5.06. The second-order valence-electron chi connectivity index (χ2n) is 7.11. The van der Waals surface area contributed by atoms with E-state index in [1.165, 1.54) is 11.8 Å². The summed E-state index contributed by atoms with van der Waals surface area (Å²) in [4.78, 5) is 14.2. The molecule has 1 aromatic rings. The van der Waals surface area contributed by atoms with E-state index >= 15 is 0 Å². The van der Waals surface area contributed by atoms with Crippen LogP contribution in [0.3, 0.4) is 0 Å². The van der Waals surface area contributed by atoms with Crippen molar-refractivity contribution in [3.63, 3.8) is 0 Å². The van der Waals surface area contributed by atoms with Crippen LogP contribution in [0, 0.1) is 0 Å². The van der Waals surface area contributed by atoms with Gasteiger partial charge in [0.1, 0.15) is 10.5 Å². The number of hydrogen-bond acceptors (Lipinski definition) is 6. The number of thiocarbonyl (C=S) groups is 1. The van der Waals surface area contributed by atoms with Crippen molar-refractivity contribution in [3.05, 3.63) is 23.8 Å². The van der Waals surface area contributed by atoms with Gasteiger partial charge in [-0.3, -0.25) is 5.21 Å². The van der Waals surface area contributed by atoms with Crippen molar-refractivity contribution in [2.75, 3.05) is 6.79 Å². The molecular formula is C17H23N3O4S2. The Morgan fingerprint density at radius 3 is 2.85 bits per heavy atom. The normalized spacial score (nSPS) is 20.6. The Morgan fingerprint density at radius 2 is 2.15 bits per heavy atom. The summed E-state index contributed by atoms with van der Waals surface area (Å²) in [6.45, 7) is 8.26. The van der Waals surface area contributed by atoms with E-state index in [9.17, 15) is 10.0 Å². The van der Waals surface area contributed by atoms with Crippen LogP contribution in [-0.4, -0.2) is 49.3 Å². The molecule has 2 N–H and O–H groups in total. The summed E-state index contributed by atoms with van der Waals surface area (Å²) < 4.78 is 10.9. The molecule has 3 rings (SSSR count). The minimum atomic E-state index is -0.593. The summed E-state index contributed by atoms with van der Waals surface area (Å²) in [6.07, 6.45) is -0.593. The molecule has 2 heterocycles. The molecule has 2 aliphatic rings. The van der Waals surface area contributed by atoms with Crippen LogP contribution >= 0.6 is 24.0 Å². The van der Waals surface area contributed by atoms with Gasteiger partial charge in [0, 0.05) is 12.6 Å². The number of amides is 2. The van der Waals surface area contributed by atoms with Gasteiger partial charge in [-0.05, 0) is 45.4 Å². The van der Waals surface area contributed by atoms with E-state index in [2.05, 4.69) is 5.32 Å². The molecule has 0 spiro atoms. The predicted octanol–water partition coefficient (Wildman–Crippen LogP) is 3.16. The molecule has 0 bridgehead atoms. The highest BCUT2D eigenvalue weighted by atomic mass is 32.2. The van der Waals surface area contributed by atoms with Crippen molar-refractivity contribution in [1.29, 1.82) is 0 Å². The van der Waals surface area contributed by atoms with Crippen molar-refractivity contribution in [1.82, 2.24) is 15.3 Å². The Labute approximate surface area is 162 Å². The van der Waals surface area contributed by atoms with Gasteiger partial charge in [0.05, 0.1) is 4.75 Å². The third kappa shape index (κ3) is 3.70. The third-order valence-electron chi connectivity index (χ3n) is 4.14. The lowest BCUT2D eigenvalue weighted by molar-refractivity contribution is -0.120. The molecule has 0 radical (unpaired) electrons. The van der Waals surface area contributed by atoms with E-state index < -0.39 is 16.9 Å². The monoisotopic (exact) mass is 397 g/mol. The maximum absolute atomic E-state index is 12.3. The average molecular weight is 398 g/mol. The molecule has 1 aromatic carbocycles. The number of nitrogens with one attached hydrogen (secondary N) is 1. The molecule has 0 aliphatic carbocycles. The first kappa shape index (κ1) is 19.1. The van der Waals surface area contributed by atoms with Crippen molar-refractivity contribution < 1.29 is 19.5 Å².